The van der Waals surface area contributed by atoms with Crippen molar-refractivity contribution in [3.8, 4) is 16.9 Å². The summed E-state index contributed by atoms with van der Waals surface area (Å²) in [4.78, 5) is 16.5. The first-order valence-electron chi connectivity index (χ1n) is 10.1. The van der Waals surface area contributed by atoms with E-state index in [1.165, 1.54) is 12.1 Å². The lowest BCUT2D eigenvalue weighted by Gasteiger charge is -2.24. The molecule has 0 saturated heterocycles. The first-order chi connectivity index (χ1) is 15.4. The minimum absolute atomic E-state index is 0.105. The lowest BCUT2D eigenvalue weighted by molar-refractivity contribution is -0.185. The largest absolute Gasteiger partial charge is 0.493 e. The highest BCUT2D eigenvalue weighted by Gasteiger charge is 2.51. The van der Waals surface area contributed by atoms with Crippen LogP contribution in [0.3, 0.4) is 0 Å². The Kier molecular flexibility index (Phi) is 6.76. The van der Waals surface area contributed by atoms with Crippen LogP contribution in [0.2, 0.25) is 0 Å². The molecule has 0 bridgehead atoms. The van der Waals surface area contributed by atoms with E-state index in [2.05, 4.69) is 15.5 Å². The maximum atomic E-state index is 14.7. The van der Waals surface area contributed by atoms with E-state index in [9.17, 15) is 22.4 Å². The van der Waals surface area contributed by atoms with Crippen molar-refractivity contribution in [2.75, 3.05) is 11.9 Å². The fourth-order valence-electron chi connectivity index (χ4n) is 3.01. The van der Waals surface area contributed by atoms with Gasteiger partial charge in [-0.3, -0.25) is 9.78 Å². The highest BCUT2D eigenvalue weighted by Crippen LogP contribution is 2.41. The summed E-state index contributed by atoms with van der Waals surface area (Å²) in [6.07, 6.45) is -3.32. The van der Waals surface area contributed by atoms with E-state index in [1.54, 1.807) is 18.3 Å². The molecule has 2 aromatic heterocycles. The van der Waals surface area contributed by atoms with Crippen LogP contribution >= 0.6 is 0 Å². The number of carbonyl (C=O) groups is 1. The van der Waals surface area contributed by atoms with Gasteiger partial charge >= 0.3 is 6.18 Å². The average Bonchev–Trinajstić information content (AvgIpc) is 3.18. The summed E-state index contributed by atoms with van der Waals surface area (Å²) in [5.74, 6) is -1.34. The molecule has 1 aromatic carbocycles. The minimum atomic E-state index is -4.56. The van der Waals surface area contributed by atoms with Crippen LogP contribution in [0, 0.1) is 12.7 Å². The Morgan fingerprint density at radius 3 is 2.55 bits per heavy atom. The highest BCUT2D eigenvalue weighted by atomic mass is 19.4. The summed E-state index contributed by atoms with van der Waals surface area (Å²) in [6.45, 7) is 5.97. The van der Waals surface area contributed by atoms with Crippen molar-refractivity contribution in [1.29, 1.82) is 0 Å². The number of aromatic nitrogens is 2. The highest BCUT2D eigenvalue weighted by molar-refractivity contribution is 5.91. The fraction of sp³-hybridized carbons (Fsp3) is 0.348. The number of anilines is 1. The fourth-order valence-corrected chi connectivity index (χ4v) is 3.01. The van der Waals surface area contributed by atoms with Gasteiger partial charge in [-0.1, -0.05) is 17.3 Å². The molecule has 0 atom stereocenters. The molecular weight excluding hydrogens is 442 g/mol. The number of halogens is 4. The number of hydrogen-bond donors (Lipinski definition) is 1. The zero-order valence-electron chi connectivity index (χ0n) is 18.5. The summed E-state index contributed by atoms with van der Waals surface area (Å²) < 4.78 is 64.5. The van der Waals surface area contributed by atoms with Crippen molar-refractivity contribution in [2.45, 2.75) is 45.7 Å². The van der Waals surface area contributed by atoms with Crippen molar-refractivity contribution in [3.63, 3.8) is 0 Å². The zero-order chi connectivity index (χ0) is 24.4. The van der Waals surface area contributed by atoms with Gasteiger partial charge in [-0.05, 0) is 44.9 Å². The Hall–Kier alpha value is -3.43. The molecule has 1 N–H and O–H groups in total. The molecule has 176 valence electrons. The molecule has 0 radical (unpaired) electrons. The van der Waals surface area contributed by atoms with Gasteiger partial charge in [-0.15, -0.1) is 0 Å². The van der Waals surface area contributed by atoms with Crippen LogP contribution in [0.4, 0.5) is 23.4 Å². The number of amides is 1. The van der Waals surface area contributed by atoms with E-state index in [1.807, 2.05) is 13.8 Å². The molecule has 1 amide bonds. The Morgan fingerprint density at radius 2 is 1.91 bits per heavy atom. The molecule has 3 rings (SSSR count). The lowest BCUT2D eigenvalue weighted by Crippen LogP contribution is -2.35. The molecule has 0 aliphatic rings. The third kappa shape index (κ3) is 5.32. The molecule has 0 aliphatic heterocycles. The Bertz CT molecular complexity index is 1160. The third-order valence-electron chi connectivity index (χ3n) is 5.12. The molecule has 6 nitrogen and oxygen atoms in total. The predicted molar refractivity (Wildman–Crippen MR) is 113 cm³/mol. The molecule has 2 heterocycles. The van der Waals surface area contributed by atoms with Crippen molar-refractivity contribution < 1.29 is 31.6 Å². The molecule has 0 saturated carbocycles. The summed E-state index contributed by atoms with van der Waals surface area (Å²) in [5.41, 5.74) is -0.280. The van der Waals surface area contributed by atoms with Crippen LogP contribution in [0.25, 0.3) is 11.1 Å². The van der Waals surface area contributed by atoms with Crippen LogP contribution in [0.15, 0.2) is 41.1 Å². The predicted octanol–water partition coefficient (Wildman–Crippen LogP) is 5.60. The summed E-state index contributed by atoms with van der Waals surface area (Å²) in [7, 11) is 0. The maximum Gasteiger partial charge on any atom is 0.401 e. The van der Waals surface area contributed by atoms with Gasteiger partial charge in [0.05, 0.1) is 13.0 Å². The molecule has 0 aliphatic carbocycles. The number of nitrogens with one attached hydrogen (secondary N) is 1. The van der Waals surface area contributed by atoms with E-state index in [0.717, 1.165) is 25.6 Å². The SMILES string of the molecule is CCOc1cc(C)ncc1-c1ccc(CC(=O)Nc2cc(C(C)(C)C(F)(F)F)on2)c(F)c1. The topological polar surface area (TPSA) is 77.2 Å². The quantitative estimate of drug-likeness (QED) is 0.460. The number of benzene rings is 1. The van der Waals surface area contributed by atoms with E-state index in [0.29, 0.717) is 23.5 Å². The summed E-state index contributed by atoms with van der Waals surface area (Å²) in [6, 6.07) is 7.13. The molecular formula is C23H23F4N3O3. The van der Waals surface area contributed by atoms with Gasteiger partial charge in [0.15, 0.2) is 11.6 Å². The van der Waals surface area contributed by atoms with E-state index >= 15 is 0 Å². The molecule has 0 spiro atoms. The Labute approximate surface area is 188 Å². The van der Waals surface area contributed by atoms with Gasteiger partial charge in [0.25, 0.3) is 0 Å². The summed E-state index contributed by atoms with van der Waals surface area (Å²) >= 11 is 0. The van der Waals surface area contributed by atoms with Crippen molar-refractivity contribution in [1.82, 2.24) is 10.1 Å². The first-order valence-corrected chi connectivity index (χ1v) is 10.1. The van der Waals surface area contributed by atoms with Gasteiger partial charge in [-0.2, -0.15) is 13.2 Å². The maximum absolute atomic E-state index is 14.7. The number of rotatable bonds is 7. The van der Waals surface area contributed by atoms with Gasteiger partial charge < -0.3 is 14.6 Å². The number of aryl methyl sites for hydroxylation is 1. The van der Waals surface area contributed by atoms with E-state index in [4.69, 9.17) is 9.26 Å². The Morgan fingerprint density at radius 1 is 1.18 bits per heavy atom. The van der Waals surface area contributed by atoms with Gasteiger partial charge in [0.2, 0.25) is 5.91 Å². The van der Waals surface area contributed by atoms with Gasteiger partial charge in [0.1, 0.15) is 17.0 Å². The second kappa shape index (κ2) is 9.21. The number of carbonyl (C=O) groups excluding carboxylic acids is 1. The first kappa shape index (κ1) is 24.2. The van der Waals surface area contributed by atoms with Gasteiger partial charge in [0, 0.05) is 29.6 Å². The number of hydrogen-bond acceptors (Lipinski definition) is 5. The van der Waals surface area contributed by atoms with Crippen LogP contribution in [-0.4, -0.2) is 28.8 Å². The van der Waals surface area contributed by atoms with Crippen LogP contribution in [0.1, 0.15) is 37.8 Å². The Balaban J connectivity index is 1.73. The smallest absolute Gasteiger partial charge is 0.401 e. The van der Waals surface area contributed by atoms with Crippen LogP contribution in [0.5, 0.6) is 5.75 Å². The van der Waals surface area contributed by atoms with Crippen molar-refractivity contribution in [3.05, 3.63) is 59.4 Å². The zero-order valence-corrected chi connectivity index (χ0v) is 18.5. The summed E-state index contributed by atoms with van der Waals surface area (Å²) in [5, 5.41) is 5.80. The van der Waals surface area contributed by atoms with E-state index in [-0.39, 0.29) is 17.8 Å². The molecule has 0 unspecified atom stereocenters. The molecule has 10 heteroatoms. The van der Waals surface area contributed by atoms with Crippen LogP contribution < -0.4 is 10.1 Å². The second-order valence-corrected chi connectivity index (χ2v) is 7.99. The average molecular weight is 465 g/mol. The van der Waals surface area contributed by atoms with Crippen molar-refractivity contribution >= 4 is 11.7 Å². The second-order valence-electron chi connectivity index (χ2n) is 7.99. The van der Waals surface area contributed by atoms with Crippen molar-refractivity contribution in [2.24, 2.45) is 0 Å². The number of alkyl halides is 3. The lowest BCUT2D eigenvalue weighted by atomic mass is 9.89. The normalized spacial score (nSPS) is 12.0. The number of pyridine rings is 1. The van der Waals surface area contributed by atoms with Crippen LogP contribution in [-0.2, 0) is 16.6 Å². The number of ether oxygens (including phenoxy) is 1. The molecule has 33 heavy (non-hydrogen) atoms. The molecule has 3 aromatic rings. The number of nitrogens with zero attached hydrogens (tertiary/aromatic N) is 2. The molecule has 0 fully saturated rings. The third-order valence-corrected chi connectivity index (χ3v) is 5.12. The standard InChI is InChI=1S/C23H23F4N3O3/c1-5-32-18-8-13(2)28-12-16(18)14-6-7-15(17(24)9-14)10-21(31)29-20-11-19(33-30-20)22(3,4)23(25,26)27/h6-9,11-12H,5,10H2,1-4H3,(H,29,30,31). The van der Waals surface area contributed by atoms with E-state index < -0.39 is 29.1 Å². The minimum Gasteiger partial charge on any atom is -0.493 e. The van der Waals surface area contributed by atoms with Gasteiger partial charge in [-0.25, -0.2) is 4.39 Å². The monoisotopic (exact) mass is 465 g/mol.